The Morgan fingerprint density at radius 2 is 2.17 bits per heavy atom. The van der Waals surface area contributed by atoms with Crippen molar-refractivity contribution in [3.63, 3.8) is 0 Å². The van der Waals surface area contributed by atoms with Gasteiger partial charge in [-0.3, -0.25) is 0 Å². The zero-order valence-corrected chi connectivity index (χ0v) is 11.3. The van der Waals surface area contributed by atoms with Gasteiger partial charge in [0.05, 0.1) is 18.0 Å². The maximum Gasteiger partial charge on any atom is 0.0998 e. The molecule has 100 valence electrons. The molecular formula is C16H24O2. The first-order valence-corrected chi connectivity index (χ1v) is 7.56. The third-order valence-electron chi connectivity index (χ3n) is 4.69. The van der Waals surface area contributed by atoms with Crippen molar-refractivity contribution >= 4 is 0 Å². The third-order valence-corrected chi connectivity index (χ3v) is 4.69. The lowest BCUT2D eigenvalue weighted by Gasteiger charge is -2.39. The molecule has 0 aromatic rings. The Hall–Kier alpha value is -0.760. The van der Waals surface area contributed by atoms with Crippen LogP contribution in [0.25, 0.3) is 0 Å². The van der Waals surface area contributed by atoms with E-state index in [2.05, 4.69) is 13.0 Å². The lowest BCUT2D eigenvalue weighted by atomic mass is 9.73. The molecule has 3 unspecified atom stereocenters. The van der Waals surface area contributed by atoms with Gasteiger partial charge in [-0.2, -0.15) is 0 Å². The highest BCUT2D eigenvalue weighted by molar-refractivity contribution is 5.40. The SMILES string of the molecule is CCCC1CCC2=C(CCC3C2=CCCC3O)O1. The van der Waals surface area contributed by atoms with Crippen molar-refractivity contribution in [1.82, 2.24) is 0 Å². The molecule has 0 spiro atoms. The van der Waals surface area contributed by atoms with E-state index in [1.165, 1.54) is 29.7 Å². The zero-order valence-electron chi connectivity index (χ0n) is 11.3. The van der Waals surface area contributed by atoms with Crippen LogP contribution in [0.4, 0.5) is 0 Å². The van der Waals surface area contributed by atoms with Gasteiger partial charge in [0.1, 0.15) is 0 Å². The van der Waals surface area contributed by atoms with E-state index in [1.54, 1.807) is 0 Å². The number of rotatable bonds is 2. The summed E-state index contributed by atoms with van der Waals surface area (Å²) >= 11 is 0. The molecule has 1 N–H and O–H groups in total. The fourth-order valence-corrected chi connectivity index (χ4v) is 3.77. The summed E-state index contributed by atoms with van der Waals surface area (Å²) < 4.78 is 6.17. The third kappa shape index (κ3) is 2.11. The summed E-state index contributed by atoms with van der Waals surface area (Å²) in [5.74, 6) is 1.64. The molecule has 0 fully saturated rings. The second-order valence-electron chi connectivity index (χ2n) is 5.92. The topological polar surface area (TPSA) is 29.5 Å². The first-order chi connectivity index (χ1) is 8.79. The molecule has 0 aromatic carbocycles. The molecule has 2 heteroatoms. The second-order valence-corrected chi connectivity index (χ2v) is 5.92. The maximum atomic E-state index is 10.1. The summed E-state index contributed by atoms with van der Waals surface area (Å²) in [4.78, 5) is 0. The average molecular weight is 248 g/mol. The largest absolute Gasteiger partial charge is 0.494 e. The Morgan fingerprint density at radius 3 is 3.00 bits per heavy atom. The molecule has 0 saturated carbocycles. The van der Waals surface area contributed by atoms with Crippen molar-refractivity contribution in [3.05, 3.63) is 23.0 Å². The van der Waals surface area contributed by atoms with Gasteiger partial charge in [-0.05, 0) is 49.7 Å². The Bertz CT molecular complexity index is 381. The minimum absolute atomic E-state index is 0.118. The predicted octanol–water partition coefficient (Wildman–Crippen LogP) is 3.71. The van der Waals surface area contributed by atoms with Crippen LogP contribution in [-0.2, 0) is 4.74 Å². The lowest BCUT2D eigenvalue weighted by Crippen LogP contribution is -2.32. The molecule has 3 atom stereocenters. The Labute approximate surface area is 110 Å². The van der Waals surface area contributed by atoms with Crippen LogP contribution < -0.4 is 0 Å². The molecule has 0 aromatic heterocycles. The fourth-order valence-electron chi connectivity index (χ4n) is 3.77. The Morgan fingerprint density at radius 1 is 1.28 bits per heavy atom. The van der Waals surface area contributed by atoms with Gasteiger partial charge in [0.15, 0.2) is 0 Å². The molecular weight excluding hydrogens is 224 g/mol. The van der Waals surface area contributed by atoms with Gasteiger partial charge in [-0.25, -0.2) is 0 Å². The molecule has 3 rings (SSSR count). The van der Waals surface area contributed by atoms with Crippen LogP contribution in [0.15, 0.2) is 23.0 Å². The molecule has 1 heterocycles. The number of aliphatic hydroxyl groups excluding tert-OH is 1. The van der Waals surface area contributed by atoms with E-state index >= 15 is 0 Å². The normalized spacial score (nSPS) is 35.4. The van der Waals surface area contributed by atoms with Gasteiger partial charge in [-0.15, -0.1) is 0 Å². The molecule has 18 heavy (non-hydrogen) atoms. The highest BCUT2D eigenvalue weighted by Crippen LogP contribution is 2.45. The van der Waals surface area contributed by atoms with E-state index in [-0.39, 0.29) is 6.10 Å². The first-order valence-electron chi connectivity index (χ1n) is 7.56. The smallest absolute Gasteiger partial charge is 0.0998 e. The van der Waals surface area contributed by atoms with E-state index in [0.29, 0.717) is 12.0 Å². The van der Waals surface area contributed by atoms with Gasteiger partial charge in [-0.1, -0.05) is 19.4 Å². The van der Waals surface area contributed by atoms with Crippen molar-refractivity contribution in [3.8, 4) is 0 Å². The van der Waals surface area contributed by atoms with E-state index in [4.69, 9.17) is 4.74 Å². The van der Waals surface area contributed by atoms with Crippen molar-refractivity contribution in [2.45, 2.75) is 70.5 Å². The van der Waals surface area contributed by atoms with Crippen LogP contribution in [-0.4, -0.2) is 17.3 Å². The van der Waals surface area contributed by atoms with Crippen LogP contribution in [0.2, 0.25) is 0 Å². The van der Waals surface area contributed by atoms with Crippen molar-refractivity contribution in [2.75, 3.05) is 0 Å². The molecule has 0 saturated heterocycles. The summed E-state index contributed by atoms with van der Waals surface area (Å²) in [6, 6.07) is 0. The monoisotopic (exact) mass is 248 g/mol. The molecule has 2 nitrogen and oxygen atoms in total. The number of allylic oxidation sites excluding steroid dienone is 3. The van der Waals surface area contributed by atoms with Crippen LogP contribution in [0.5, 0.6) is 0 Å². The molecule has 2 aliphatic carbocycles. The van der Waals surface area contributed by atoms with Crippen LogP contribution >= 0.6 is 0 Å². The lowest BCUT2D eigenvalue weighted by molar-refractivity contribution is 0.0564. The Kier molecular flexibility index (Phi) is 3.47. The van der Waals surface area contributed by atoms with Gasteiger partial charge in [0.2, 0.25) is 0 Å². The van der Waals surface area contributed by atoms with Crippen molar-refractivity contribution in [1.29, 1.82) is 0 Å². The van der Waals surface area contributed by atoms with Crippen LogP contribution in [0, 0.1) is 5.92 Å². The summed E-state index contributed by atoms with van der Waals surface area (Å²) in [6.45, 7) is 2.23. The molecule has 0 bridgehead atoms. The number of hydrogen-bond acceptors (Lipinski definition) is 2. The molecule has 0 amide bonds. The van der Waals surface area contributed by atoms with Gasteiger partial charge in [0, 0.05) is 12.3 Å². The Balaban J connectivity index is 1.82. The van der Waals surface area contributed by atoms with E-state index in [1.807, 2.05) is 0 Å². The molecule has 1 aliphatic heterocycles. The van der Waals surface area contributed by atoms with E-state index < -0.39 is 0 Å². The molecule has 0 radical (unpaired) electrons. The minimum Gasteiger partial charge on any atom is -0.494 e. The quantitative estimate of drug-likeness (QED) is 0.807. The zero-order chi connectivity index (χ0) is 12.5. The summed E-state index contributed by atoms with van der Waals surface area (Å²) in [5.41, 5.74) is 2.86. The minimum atomic E-state index is -0.118. The van der Waals surface area contributed by atoms with Crippen LogP contribution in [0.3, 0.4) is 0 Å². The molecule has 3 aliphatic rings. The summed E-state index contributed by atoms with van der Waals surface area (Å²) in [7, 11) is 0. The van der Waals surface area contributed by atoms with Gasteiger partial charge >= 0.3 is 0 Å². The summed E-state index contributed by atoms with van der Waals surface area (Å²) in [5, 5.41) is 10.1. The average Bonchev–Trinajstić information content (AvgIpc) is 2.39. The number of hydrogen-bond donors (Lipinski definition) is 1. The highest BCUT2D eigenvalue weighted by atomic mass is 16.5. The fraction of sp³-hybridized carbons (Fsp3) is 0.750. The van der Waals surface area contributed by atoms with Gasteiger partial charge in [0.25, 0.3) is 0 Å². The maximum absolute atomic E-state index is 10.1. The van der Waals surface area contributed by atoms with Crippen molar-refractivity contribution in [2.24, 2.45) is 5.92 Å². The van der Waals surface area contributed by atoms with E-state index in [0.717, 1.165) is 38.5 Å². The highest BCUT2D eigenvalue weighted by Gasteiger charge is 2.36. The van der Waals surface area contributed by atoms with Gasteiger partial charge < -0.3 is 9.84 Å². The standard InChI is InChI=1S/C16H24O2/c1-2-4-11-7-8-14-12-5-3-6-15(17)13(12)9-10-16(14)18-11/h5,11,13,15,17H,2-4,6-10H2,1H3. The predicted molar refractivity (Wildman–Crippen MR) is 72.1 cm³/mol. The number of ether oxygens (including phenoxy) is 1. The number of aliphatic hydroxyl groups is 1. The van der Waals surface area contributed by atoms with Crippen molar-refractivity contribution < 1.29 is 9.84 Å². The first kappa shape index (κ1) is 12.3. The second kappa shape index (κ2) is 5.08. The summed E-state index contributed by atoms with van der Waals surface area (Å²) in [6.07, 6.45) is 11.5. The van der Waals surface area contributed by atoms with Crippen LogP contribution in [0.1, 0.15) is 58.3 Å². The number of fused-ring (bicyclic) bond motifs is 2. The van der Waals surface area contributed by atoms with E-state index in [9.17, 15) is 5.11 Å².